The van der Waals surface area contributed by atoms with Crippen molar-refractivity contribution in [3.05, 3.63) is 64.5 Å². The molecular weight excluding hydrogens is 452 g/mol. The van der Waals surface area contributed by atoms with Crippen LogP contribution in [0.4, 0.5) is 0 Å². The summed E-state index contributed by atoms with van der Waals surface area (Å²) in [5.41, 5.74) is 9.48. The molecule has 2 atom stereocenters. The van der Waals surface area contributed by atoms with E-state index in [0.29, 0.717) is 0 Å². The average molecular weight is 481 g/mol. The molecule has 0 aromatic heterocycles. The fourth-order valence-electron chi connectivity index (χ4n) is 2.99. The Morgan fingerprint density at radius 1 is 0.906 bits per heavy atom. The average Bonchev–Trinajstić information content (AvgIpc) is 2.73. The van der Waals surface area contributed by atoms with Crippen LogP contribution in [0, 0.1) is 12.8 Å². The molecule has 0 saturated carbocycles. The molecule has 0 amide bonds. The van der Waals surface area contributed by atoms with Crippen LogP contribution in [0.3, 0.4) is 0 Å². The lowest BCUT2D eigenvalue weighted by molar-refractivity contribution is 0.122. The molecular formula is C21H28N4O5S2. The number of aryl methyl sites for hydroxylation is 1. The monoisotopic (exact) mass is 480 g/mol. The highest BCUT2D eigenvalue weighted by Gasteiger charge is 2.29. The largest absolute Gasteiger partial charge is 0.391 e. The Balaban J connectivity index is 2.36. The van der Waals surface area contributed by atoms with Gasteiger partial charge in [0.05, 0.1) is 26.8 Å². The first-order chi connectivity index (χ1) is 14.9. The first-order valence-electron chi connectivity index (χ1n) is 10.0. The summed E-state index contributed by atoms with van der Waals surface area (Å²) < 4.78 is 53.2. The van der Waals surface area contributed by atoms with Gasteiger partial charge in [0.2, 0.25) is 19.9 Å². The molecule has 0 spiro atoms. The predicted octanol–water partition coefficient (Wildman–Crippen LogP) is 3.53. The van der Waals surface area contributed by atoms with Gasteiger partial charge >= 0.3 is 0 Å². The molecule has 0 bridgehead atoms. The lowest BCUT2D eigenvalue weighted by Gasteiger charge is -2.27. The molecule has 0 aliphatic heterocycles. The second-order valence-corrected chi connectivity index (χ2v) is 11.9. The number of aliphatic hydroxyl groups excluding tert-OH is 1. The van der Waals surface area contributed by atoms with Gasteiger partial charge in [0.1, 0.15) is 0 Å². The van der Waals surface area contributed by atoms with Gasteiger partial charge in [0.15, 0.2) is 0 Å². The lowest BCUT2D eigenvalue weighted by atomic mass is 10.2. The summed E-state index contributed by atoms with van der Waals surface area (Å²) in [5.74, 6) is -0.0343. The second kappa shape index (κ2) is 10.5. The van der Waals surface area contributed by atoms with Crippen LogP contribution >= 0.6 is 0 Å². The van der Waals surface area contributed by atoms with Crippen LogP contribution in [0.25, 0.3) is 10.4 Å². The summed E-state index contributed by atoms with van der Waals surface area (Å²) in [6.07, 6.45) is -1.19. The highest BCUT2D eigenvalue weighted by Crippen LogP contribution is 2.24. The van der Waals surface area contributed by atoms with E-state index in [1.165, 1.54) is 43.3 Å². The Kier molecular flexibility index (Phi) is 8.44. The Bertz CT molecular complexity index is 1170. The van der Waals surface area contributed by atoms with Crippen LogP contribution in [0.15, 0.2) is 68.3 Å². The molecule has 2 rings (SSSR count). The number of sulfonamides is 1. The van der Waals surface area contributed by atoms with E-state index in [0.717, 1.165) is 9.87 Å². The van der Waals surface area contributed by atoms with Gasteiger partial charge in [0.25, 0.3) is 0 Å². The van der Waals surface area contributed by atoms with Gasteiger partial charge < -0.3 is 5.11 Å². The van der Waals surface area contributed by atoms with E-state index < -0.39 is 32.0 Å². The Morgan fingerprint density at radius 3 is 1.84 bits per heavy atom. The third kappa shape index (κ3) is 6.08. The van der Waals surface area contributed by atoms with Crippen LogP contribution in [0.1, 0.15) is 26.3 Å². The van der Waals surface area contributed by atoms with E-state index in [1.807, 2.05) is 20.8 Å². The summed E-state index contributed by atoms with van der Waals surface area (Å²) in [5, 5.41) is 13.7. The maximum Gasteiger partial charge on any atom is 0.243 e. The predicted molar refractivity (Wildman–Crippen MR) is 121 cm³/mol. The van der Waals surface area contributed by atoms with Crippen molar-refractivity contribution in [2.45, 2.75) is 54.5 Å². The van der Waals surface area contributed by atoms with Crippen molar-refractivity contribution in [1.29, 1.82) is 0 Å². The molecule has 174 valence electrons. The van der Waals surface area contributed by atoms with Crippen molar-refractivity contribution in [2.75, 3.05) is 13.1 Å². The molecule has 9 nitrogen and oxygen atoms in total. The number of aliphatic hydroxyl groups is 1. The summed E-state index contributed by atoms with van der Waals surface area (Å²) in [6, 6.07) is 10.6. The van der Waals surface area contributed by atoms with Gasteiger partial charge in [-0.05, 0) is 54.8 Å². The number of hydrogen-bond acceptors (Lipinski definition) is 6. The number of rotatable bonds is 10. The van der Waals surface area contributed by atoms with Gasteiger partial charge in [-0.1, -0.05) is 43.6 Å². The molecule has 0 saturated heterocycles. The molecule has 1 N–H and O–H groups in total. The SMILES string of the molecule is Cc1ccc(S(=O)(=O)c2ccc(S(=O)(=O)N(CC(C)C)CC(O)[C@H](C)N=[N+]=[N-])cc2)cc1. The Morgan fingerprint density at radius 2 is 1.38 bits per heavy atom. The van der Waals surface area contributed by atoms with Gasteiger partial charge in [-0.15, -0.1) is 0 Å². The van der Waals surface area contributed by atoms with Crippen LogP contribution in [0.5, 0.6) is 0 Å². The third-order valence-electron chi connectivity index (χ3n) is 4.85. The second-order valence-electron chi connectivity index (χ2n) is 8.02. The number of hydrogen-bond donors (Lipinski definition) is 1. The van der Waals surface area contributed by atoms with Gasteiger partial charge in [-0.2, -0.15) is 4.31 Å². The van der Waals surface area contributed by atoms with Crippen molar-refractivity contribution >= 4 is 19.9 Å². The first kappa shape index (κ1) is 25.8. The molecule has 2 aromatic rings. The molecule has 0 aliphatic carbocycles. The minimum Gasteiger partial charge on any atom is -0.391 e. The minimum absolute atomic E-state index is 0.0206. The zero-order chi connectivity index (χ0) is 24.1. The van der Waals surface area contributed by atoms with Crippen LogP contribution < -0.4 is 0 Å². The molecule has 0 radical (unpaired) electrons. The van der Waals surface area contributed by atoms with Crippen LogP contribution in [-0.2, 0) is 19.9 Å². The topological polar surface area (TPSA) is 141 Å². The van der Waals surface area contributed by atoms with Gasteiger partial charge in [-0.25, -0.2) is 16.8 Å². The standard InChI is InChI=1S/C21H28N4O5S2/c1-15(2)13-25(14-21(26)17(4)23-24-22)32(29,30)20-11-9-19(10-12-20)31(27,28)18-7-5-16(3)6-8-18/h5-12,15,17,21,26H,13-14H2,1-4H3/t17-,21?/m0/s1. The molecule has 0 heterocycles. The molecule has 0 fully saturated rings. The Hall–Kier alpha value is -2.43. The number of azide groups is 1. The maximum atomic E-state index is 13.2. The summed E-state index contributed by atoms with van der Waals surface area (Å²) in [4.78, 5) is 2.65. The quantitative estimate of drug-likeness (QED) is 0.315. The van der Waals surface area contributed by atoms with E-state index >= 15 is 0 Å². The highest BCUT2D eigenvalue weighted by atomic mass is 32.2. The first-order valence-corrected chi connectivity index (χ1v) is 13.0. The smallest absolute Gasteiger partial charge is 0.243 e. The van der Waals surface area contributed by atoms with E-state index in [4.69, 9.17) is 5.53 Å². The van der Waals surface area contributed by atoms with E-state index in [-0.39, 0.29) is 33.7 Å². The number of benzene rings is 2. The zero-order valence-corrected chi connectivity index (χ0v) is 20.1. The molecule has 2 aromatic carbocycles. The van der Waals surface area contributed by atoms with Gasteiger partial charge in [-0.3, -0.25) is 0 Å². The molecule has 32 heavy (non-hydrogen) atoms. The van der Waals surface area contributed by atoms with Crippen molar-refractivity contribution in [2.24, 2.45) is 11.0 Å². The van der Waals surface area contributed by atoms with Crippen molar-refractivity contribution in [1.82, 2.24) is 4.31 Å². The molecule has 11 heteroatoms. The summed E-state index contributed by atoms with van der Waals surface area (Å²) >= 11 is 0. The van der Waals surface area contributed by atoms with E-state index in [2.05, 4.69) is 10.0 Å². The van der Waals surface area contributed by atoms with E-state index in [9.17, 15) is 21.9 Å². The summed E-state index contributed by atoms with van der Waals surface area (Å²) in [7, 11) is -7.82. The van der Waals surface area contributed by atoms with Gasteiger partial charge in [0, 0.05) is 18.0 Å². The van der Waals surface area contributed by atoms with Crippen molar-refractivity contribution < 1.29 is 21.9 Å². The maximum absolute atomic E-state index is 13.2. The fraction of sp³-hybridized carbons (Fsp3) is 0.429. The van der Waals surface area contributed by atoms with Crippen LogP contribution in [-0.4, -0.2) is 51.5 Å². The molecule has 1 unspecified atom stereocenters. The summed E-state index contributed by atoms with van der Waals surface area (Å²) in [6.45, 7) is 6.89. The fourth-order valence-corrected chi connectivity index (χ4v) is 5.87. The normalized spacial score (nSPS) is 14.2. The number of sulfone groups is 1. The highest BCUT2D eigenvalue weighted by molar-refractivity contribution is 7.91. The molecule has 0 aliphatic rings. The number of nitrogens with zero attached hydrogens (tertiary/aromatic N) is 4. The third-order valence-corrected chi connectivity index (χ3v) is 8.48. The van der Waals surface area contributed by atoms with Crippen LogP contribution in [0.2, 0.25) is 0 Å². The van der Waals surface area contributed by atoms with Crippen molar-refractivity contribution in [3.63, 3.8) is 0 Å². The zero-order valence-electron chi connectivity index (χ0n) is 18.5. The van der Waals surface area contributed by atoms with E-state index in [1.54, 1.807) is 12.1 Å². The minimum atomic E-state index is -4.03. The van der Waals surface area contributed by atoms with Crippen molar-refractivity contribution in [3.8, 4) is 0 Å². The lowest BCUT2D eigenvalue weighted by Crippen LogP contribution is -2.42. The Labute approximate surface area is 189 Å².